The Hall–Kier alpha value is -1.24. The second-order valence-corrected chi connectivity index (χ2v) is 1.46. The smallest absolute Gasteiger partial charge is 0.405 e. The van der Waals surface area contributed by atoms with E-state index in [0.717, 1.165) is 0 Å². The van der Waals surface area contributed by atoms with Gasteiger partial charge >= 0.3 is 6.09 Å². The molecule has 4 nitrogen and oxygen atoms in total. The van der Waals surface area contributed by atoms with Crippen LogP contribution in [0.5, 0.6) is 0 Å². The van der Waals surface area contributed by atoms with Crippen molar-refractivity contribution in [1.29, 1.82) is 5.26 Å². The minimum absolute atomic E-state index is 0.472. The maximum absolute atomic E-state index is 9.98. The summed E-state index contributed by atoms with van der Waals surface area (Å²) in [5.41, 5.74) is 4.63. The fourth-order valence-electron chi connectivity index (χ4n) is 0.341. The zero-order valence-electron chi connectivity index (χ0n) is 5.13. The SMILES string of the molecule is CC[C@@H](C#N)OC(N)=O. The summed E-state index contributed by atoms with van der Waals surface area (Å²) in [6, 6.07) is 1.76. The highest BCUT2D eigenvalue weighted by molar-refractivity contribution is 5.65. The lowest BCUT2D eigenvalue weighted by Gasteiger charge is -2.03. The van der Waals surface area contributed by atoms with Gasteiger partial charge in [-0.2, -0.15) is 5.26 Å². The zero-order chi connectivity index (χ0) is 7.28. The normalized spacial score (nSPS) is 11.6. The Bertz CT molecular complexity index is 138. The van der Waals surface area contributed by atoms with Gasteiger partial charge in [-0.15, -0.1) is 0 Å². The first-order valence-corrected chi connectivity index (χ1v) is 2.56. The predicted octanol–water partition coefficient (Wildman–Crippen LogP) is 0.384. The number of carbonyl (C=O) groups excluding carboxylic acids is 1. The topological polar surface area (TPSA) is 76.1 Å². The fraction of sp³-hybridized carbons (Fsp3) is 0.600. The van der Waals surface area contributed by atoms with E-state index < -0.39 is 12.2 Å². The molecule has 0 rings (SSSR count). The lowest BCUT2D eigenvalue weighted by Crippen LogP contribution is -2.20. The summed E-state index contributed by atoms with van der Waals surface area (Å²) in [4.78, 5) is 9.98. The number of primary amides is 1. The summed E-state index contributed by atoms with van der Waals surface area (Å²) in [5.74, 6) is 0. The molecule has 0 bridgehead atoms. The number of carbonyl (C=O) groups is 1. The Kier molecular flexibility index (Phi) is 3.21. The van der Waals surface area contributed by atoms with Gasteiger partial charge < -0.3 is 10.5 Å². The second-order valence-electron chi connectivity index (χ2n) is 1.46. The predicted molar refractivity (Wildman–Crippen MR) is 30.4 cm³/mol. The number of nitrogens with zero attached hydrogens (tertiary/aromatic N) is 1. The van der Waals surface area contributed by atoms with Crippen LogP contribution in [0.25, 0.3) is 0 Å². The van der Waals surface area contributed by atoms with Gasteiger partial charge in [0.05, 0.1) is 0 Å². The molecular weight excluding hydrogens is 120 g/mol. The number of amides is 1. The van der Waals surface area contributed by atoms with Gasteiger partial charge in [0.15, 0.2) is 6.10 Å². The van der Waals surface area contributed by atoms with Crippen LogP contribution in [0.4, 0.5) is 4.79 Å². The zero-order valence-corrected chi connectivity index (χ0v) is 5.13. The van der Waals surface area contributed by atoms with Crippen LogP contribution in [0, 0.1) is 11.3 Å². The number of ether oxygens (including phenoxy) is 1. The molecule has 9 heavy (non-hydrogen) atoms. The molecule has 0 aromatic heterocycles. The van der Waals surface area contributed by atoms with Crippen LogP contribution in [0.1, 0.15) is 13.3 Å². The molecule has 0 aliphatic rings. The Morgan fingerprint density at radius 2 is 2.56 bits per heavy atom. The molecule has 0 aromatic carbocycles. The lowest BCUT2D eigenvalue weighted by atomic mass is 10.3. The van der Waals surface area contributed by atoms with Crippen LogP contribution >= 0.6 is 0 Å². The first kappa shape index (κ1) is 7.76. The molecule has 4 heteroatoms. The first-order valence-electron chi connectivity index (χ1n) is 2.56. The molecule has 0 fully saturated rings. The van der Waals surface area contributed by atoms with E-state index in [4.69, 9.17) is 5.26 Å². The molecule has 1 atom stereocenters. The van der Waals surface area contributed by atoms with Crippen molar-refractivity contribution in [2.24, 2.45) is 5.73 Å². The standard InChI is InChI=1S/C5H8N2O2/c1-2-4(3-6)9-5(7)8/h4H,2H2,1H3,(H2,7,8)/t4-/m0/s1. The first-order chi connectivity index (χ1) is 4.20. The number of rotatable bonds is 2. The quantitative estimate of drug-likeness (QED) is 0.584. The Balaban J connectivity index is 3.60. The van der Waals surface area contributed by atoms with Crippen molar-refractivity contribution >= 4 is 6.09 Å². The molecule has 0 unspecified atom stereocenters. The van der Waals surface area contributed by atoms with E-state index in [9.17, 15) is 4.79 Å². The molecule has 0 saturated heterocycles. The van der Waals surface area contributed by atoms with Crippen LogP contribution in [0.2, 0.25) is 0 Å². The fourth-order valence-corrected chi connectivity index (χ4v) is 0.341. The monoisotopic (exact) mass is 128 g/mol. The van der Waals surface area contributed by atoms with Crippen LogP contribution in [0.15, 0.2) is 0 Å². The molecular formula is C5H8N2O2. The third kappa shape index (κ3) is 3.35. The number of hydrogen-bond acceptors (Lipinski definition) is 3. The summed E-state index contributed by atoms with van der Waals surface area (Å²) >= 11 is 0. The van der Waals surface area contributed by atoms with E-state index in [-0.39, 0.29) is 0 Å². The van der Waals surface area contributed by atoms with Gasteiger partial charge in [0.2, 0.25) is 0 Å². The molecule has 0 heterocycles. The van der Waals surface area contributed by atoms with Gasteiger partial charge in [0.25, 0.3) is 0 Å². The minimum Gasteiger partial charge on any atom is -0.431 e. The average Bonchev–Trinajstić information content (AvgIpc) is 1.82. The summed E-state index contributed by atoms with van der Waals surface area (Å²) in [6.07, 6.45) is -1.12. The van der Waals surface area contributed by atoms with Crippen molar-refractivity contribution in [2.75, 3.05) is 0 Å². The maximum atomic E-state index is 9.98. The van der Waals surface area contributed by atoms with Crippen molar-refractivity contribution in [2.45, 2.75) is 19.4 Å². The largest absolute Gasteiger partial charge is 0.431 e. The van der Waals surface area contributed by atoms with Gasteiger partial charge in [-0.25, -0.2) is 4.79 Å². The van der Waals surface area contributed by atoms with Crippen molar-refractivity contribution in [3.05, 3.63) is 0 Å². The van der Waals surface area contributed by atoms with Crippen molar-refractivity contribution in [3.63, 3.8) is 0 Å². The summed E-state index contributed by atoms with van der Waals surface area (Å²) in [5, 5.41) is 8.19. The highest BCUT2D eigenvalue weighted by Crippen LogP contribution is 1.93. The molecule has 0 saturated carbocycles. The van der Waals surface area contributed by atoms with Crippen LogP contribution in [-0.4, -0.2) is 12.2 Å². The average molecular weight is 128 g/mol. The van der Waals surface area contributed by atoms with Gasteiger partial charge in [-0.1, -0.05) is 6.92 Å². The third-order valence-corrected chi connectivity index (χ3v) is 0.773. The molecule has 2 N–H and O–H groups in total. The molecule has 0 aromatic rings. The van der Waals surface area contributed by atoms with E-state index >= 15 is 0 Å². The highest BCUT2D eigenvalue weighted by Gasteiger charge is 2.05. The van der Waals surface area contributed by atoms with Crippen molar-refractivity contribution in [3.8, 4) is 6.07 Å². The second kappa shape index (κ2) is 3.72. The Morgan fingerprint density at radius 3 is 2.67 bits per heavy atom. The van der Waals surface area contributed by atoms with Gasteiger partial charge in [-0.3, -0.25) is 0 Å². The molecule has 0 aliphatic carbocycles. The third-order valence-electron chi connectivity index (χ3n) is 0.773. The van der Waals surface area contributed by atoms with E-state index in [1.807, 2.05) is 0 Å². The minimum atomic E-state index is -0.900. The van der Waals surface area contributed by atoms with Gasteiger partial charge in [0, 0.05) is 0 Å². The number of nitriles is 1. The maximum Gasteiger partial charge on any atom is 0.405 e. The number of nitrogens with two attached hydrogens (primary N) is 1. The van der Waals surface area contributed by atoms with Crippen LogP contribution in [-0.2, 0) is 4.74 Å². The molecule has 0 aliphatic heterocycles. The van der Waals surface area contributed by atoms with Crippen molar-refractivity contribution in [1.82, 2.24) is 0 Å². The Labute approximate surface area is 53.2 Å². The highest BCUT2D eigenvalue weighted by atomic mass is 16.6. The van der Waals surface area contributed by atoms with E-state index in [0.29, 0.717) is 6.42 Å². The van der Waals surface area contributed by atoms with E-state index in [1.54, 1.807) is 13.0 Å². The van der Waals surface area contributed by atoms with Crippen LogP contribution < -0.4 is 5.73 Å². The van der Waals surface area contributed by atoms with Crippen LogP contribution in [0.3, 0.4) is 0 Å². The number of hydrogen-bond donors (Lipinski definition) is 1. The van der Waals surface area contributed by atoms with Gasteiger partial charge in [-0.05, 0) is 6.42 Å². The summed E-state index contributed by atoms with van der Waals surface area (Å²) in [7, 11) is 0. The molecule has 0 radical (unpaired) electrons. The lowest BCUT2D eigenvalue weighted by molar-refractivity contribution is 0.130. The Morgan fingerprint density at radius 1 is 2.00 bits per heavy atom. The van der Waals surface area contributed by atoms with E-state index in [2.05, 4.69) is 10.5 Å². The molecule has 1 amide bonds. The van der Waals surface area contributed by atoms with Crippen molar-refractivity contribution < 1.29 is 9.53 Å². The summed E-state index contributed by atoms with van der Waals surface area (Å²) in [6.45, 7) is 1.73. The molecule has 0 spiro atoms. The molecule has 50 valence electrons. The van der Waals surface area contributed by atoms with E-state index in [1.165, 1.54) is 0 Å². The van der Waals surface area contributed by atoms with Gasteiger partial charge in [0.1, 0.15) is 6.07 Å². The summed E-state index contributed by atoms with van der Waals surface area (Å²) < 4.78 is 4.33.